The zero-order valence-corrected chi connectivity index (χ0v) is 17.4. The lowest BCUT2D eigenvalue weighted by atomic mass is 10.1. The van der Waals surface area contributed by atoms with Crippen molar-refractivity contribution in [1.82, 2.24) is 19.3 Å². The SMILES string of the molecule is C[C@@H]1CCCN1C(=O)Nc1ccc(F)c(-c2ccn3c(N4CCOCC4)cnc3n2)c1. The lowest BCUT2D eigenvalue weighted by molar-refractivity contribution is 0.122. The second-order valence-corrected chi connectivity index (χ2v) is 8.01. The van der Waals surface area contributed by atoms with Crippen LogP contribution in [0, 0.1) is 5.82 Å². The van der Waals surface area contributed by atoms with Gasteiger partial charge in [-0.05, 0) is 44.0 Å². The number of anilines is 2. The van der Waals surface area contributed by atoms with Gasteiger partial charge in [-0.1, -0.05) is 0 Å². The second kappa shape index (κ2) is 8.14. The van der Waals surface area contributed by atoms with Crippen molar-refractivity contribution in [2.45, 2.75) is 25.8 Å². The topological polar surface area (TPSA) is 75.0 Å². The Morgan fingerprint density at radius 2 is 2.06 bits per heavy atom. The molecular weight excluding hydrogens is 399 g/mol. The quantitative estimate of drug-likeness (QED) is 0.698. The summed E-state index contributed by atoms with van der Waals surface area (Å²) in [6.07, 6.45) is 5.64. The van der Waals surface area contributed by atoms with Crippen LogP contribution in [-0.4, -0.2) is 64.2 Å². The molecule has 0 aliphatic carbocycles. The molecule has 2 fully saturated rings. The van der Waals surface area contributed by atoms with Crippen molar-refractivity contribution < 1.29 is 13.9 Å². The first-order valence-corrected chi connectivity index (χ1v) is 10.6. The van der Waals surface area contributed by atoms with Gasteiger partial charge in [0.05, 0.1) is 25.1 Å². The molecule has 0 radical (unpaired) electrons. The van der Waals surface area contributed by atoms with Gasteiger partial charge in [-0.25, -0.2) is 19.2 Å². The first-order chi connectivity index (χ1) is 15.1. The average molecular weight is 424 g/mol. The Balaban J connectivity index is 1.41. The van der Waals surface area contributed by atoms with Crippen molar-refractivity contribution in [2.24, 2.45) is 0 Å². The maximum absolute atomic E-state index is 14.6. The molecule has 1 atom stereocenters. The molecule has 0 saturated carbocycles. The van der Waals surface area contributed by atoms with E-state index < -0.39 is 5.82 Å². The Bertz CT molecular complexity index is 1110. The molecule has 0 unspecified atom stereocenters. The van der Waals surface area contributed by atoms with Gasteiger partial charge < -0.3 is 19.9 Å². The van der Waals surface area contributed by atoms with Crippen molar-refractivity contribution in [3.8, 4) is 11.3 Å². The summed E-state index contributed by atoms with van der Waals surface area (Å²) < 4.78 is 22.0. The van der Waals surface area contributed by atoms with Crippen LogP contribution < -0.4 is 10.2 Å². The number of carbonyl (C=O) groups is 1. The fraction of sp³-hybridized carbons (Fsp3) is 0.409. The van der Waals surface area contributed by atoms with Crippen LogP contribution in [0.4, 0.5) is 20.7 Å². The first-order valence-electron chi connectivity index (χ1n) is 10.6. The first kappa shape index (κ1) is 19.7. The standard InChI is InChI=1S/C22H25FN6O2/c1-15-3-2-7-28(15)22(30)25-16-4-5-18(23)17(13-16)19-6-8-29-20(14-24-21(29)26-19)27-9-11-31-12-10-27/h4-6,8,13-15H,2-3,7,9-12H2,1H3,(H,25,30)/t15-/m1/s1. The second-order valence-electron chi connectivity index (χ2n) is 8.01. The maximum Gasteiger partial charge on any atom is 0.322 e. The molecule has 8 nitrogen and oxygen atoms in total. The third kappa shape index (κ3) is 3.81. The van der Waals surface area contributed by atoms with Crippen LogP contribution in [0.2, 0.25) is 0 Å². The van der Waals surface area contributed by atoms with Crippen molar-refractivity contribution in [3.63, 3.8) is 0 Å². The number of aromatic nitrogens is 3. The third-order valence-corrected chi connectivity index (χ3v) is 6.00. The number of nitrogens with one attached hydrogen (secondary N) is 1. The molecule has 2 amide bonds. The van der Waals surface area contributed by atoms with Gasteiger partial charge in [-0.15, -0.1) is 0 Å². The highest BCUT2D eigenvalue weighted by Gasteiger charge is 2.25. The molecule has 0 spiro atoms. The minimum absolute atomic E-state index is 0.158. The Kier molecular flexibility index (Phi) is 5.19. The predicted octanol–water partition coefficient (Wildman–Crippen LogP) is 3.39. The fourth-order valence-electron chi connectivity index (χ4n) is 4.26. The number of benzene rings is 1. The van der Waals surface area contributed by atoms with Gasteiger partial charge in [0.1, 0.15) is 11.6 Å². The van der Waals surface area contributed by atoms with Gasteiger partial charge in [-0.2, -0.15) is 0 Å². The number of urea groups is 1. The summed E-state index contributed by atoms with van der Waals surface area (Å²) in [7, 11) is 0. The predicted molar refractivity (Wildman–Crippen MR) is 116 cm³/mol. The molecule has 1 aromatic carbocycles. The van der Waals surface area contributed by atoms with Crippen molar-refractivity contribution in [1.29, 1.82) is 0 Å². The number of rotatable bonds is 3. The highest BCUT2D eigenvalue weighted by molar-refractivity contribution is 5.90. The summed E-state index contributed by atoms with van der Waals surface area (Å²) in [5, 5.41) is 2.89. The molecule has 3 aromatic rings. The largest absolute Gasteiger partial charge is 0.378 e. The summed E-state index contributed by atoms with van der Waals surface area (Å²) in [5.41, 5.74) is 1.33. The average Bonchev–Trinajstić information content (AvgIpc) is 3.41. The number of hydrogen-bond acceptors (Lipinski definition) is 5. The Hall–Kier alpha value is -3.20. The van der Waals surface area contributed by atoms with Crippen molar-refractivity contribution >= 4 is 23.3 Å². The van der Waals surface area contributed by atoms with Crippen LogP contribution >= 0.6 is 0 Å². The number of likely N-dealkylation sites (tertiary alicyclic amines) is 1. The van der Waals surface area contributed by atoms with E-state index in [0.717, 1.165) is 38.3 Å². The number of amides is 2. The van der Waals surface area contributed by atoms with E-state index in [1.54, 1.807) is 24.4 Å². The Morgan fingerprint density at radius 3 is 2.84 bits per heavy atom. The maximum atomic E-state index is 14.6. The molecule has 9 heteroatoms. The van der Waals surface area contributed by atoms with E-state index in [1.807, 2.05) is 22.4 Å². The van der Waals surface area contributed by atoms with Gasteiger partial charge in [0.2, 0.25) is 5.78 Å². The zero-order valence-electron chi connectivity index (χ0n) is 17.4. The molecule has 2 aliphatic rings. The van der Waals surface area contributed by atoms with Gasteiger partial charge in [0, 0.05) is 43.1 Å². The van der Waals surface area contributed by atoms with E-state index in [2.05, 4.69) is 20.2 Å². The number of imidazole rings is 1. The summed E-state index contributed by atoms with van der Waals surface area (Å²) >= 11 is 0. The minimum Gasteiger partial charge on any atom is -0.378 e. The summed E-state index contributed by atoms with van der Waals surface area (Å²) in [4.78, 5) is 25.5. The molecule has 2 aromatic heterocycles. The van der Waals surface area contributed by atoms with Crippen molar-refractivity contribution in [2.75, 3.05) is 43.1 Å². The van der Waals surface area contributed by atoms with E-state index in [9.17, 15) is 9.18 Å². The molecule has 5 rings (SSSR count). The lowest BCUT2D eigenvalue weighted by Crippen LogP contribution is -2.37. The Morgan fingerprint density at radius 1 is 1.23 bits per heavy atom. The summed E-state index contributed by atoms with van der Waals surface area (Å²) in [5.74, 6) is 1.04. The van der Waals surface area contributed by atoms with E-state index >= 15 is 0 Å². The zero-order chi connectivity index (χ0) is 21.4. The number of carbonyl (C=O) groups excluding carboxylic acids is 1. The molecular formula is C22H25FN6O2. The normalized spacial score (nSPS) is 19.2. The number of nitrogens with zero attached hydrogens (tertiary/aromatic N) is 5. The van der Waals surface area contributed by atoms with Gasteiger partial charge in [0.15, 0.2) is 0 Å². The van der Waals surface area contributed by atoms with Crippen LogP contribution in [0.1, 0.15) is 19.8 Å². The van der Waals surface area contributed by atoms with Gasteiger partial charge in [0.25, 0.3) is 0 Å². The minimum atomic E-state index is -0.399. The number of halogens is 1. The van der Waals surface area contributed by atoms with Crippen molar-refractivity contribution in [3.05, 3.63) is 42.5 Å². The number of morpholine rings is 1. The number of hydrogen-bond donors (Lipinski definition) is 1. The van der Waals surface area contributed by atoms with Crippen LogP contribution in [0.15, 0.2) is 36.7 Å². The highest BCUT2D eigenvalue weighted by Crippen LogP contribution is 2.27. The van der Waals surface area contributed by atoms with Crippen LogP contribution in [0.25, 0.3) is 17.0 Å². The molecule has 31 heavy (non-hydrogen) atoms. The molecule has 2 aliphatic heterocycles. The van der Waals surface area contributed by atoms with Gasteiger partial charge >= 0.3 is 6.03 Å². The van der Waals surface area contributed by atoms with E-state index in [4.69, 9.17) is 4.74 Å². The molecule has 0 bridgehead atoms. The third-order valence-electron chi connectivity index (χ3n) is 6.00. The summed E-state index contributed by atoms with van der Waals surface area (Å²) in [6, 6.07) is 6.38. The number of fused-ring (bicyclic) bond motifs is 1. The number of ether oxygens (including phenoxy) is 1. The van der Waals surface area contributed by atoms with E-state index in [0.29, 0.717) is 35.9 Å². The molecule has 162 valence electrons. The fourth-order valence-corrected chi connectivity index (χ4v) is 4.26. The monoisotopic (exact) mass is 424 g/mol. The molecule has 4 heterocycles. The van der Waals surface area contributed by atoms with Gasteiger partial charge in [-0.3, -0.25) is 4.40 Å². The van der Waals surface area contributed by atoms with Crippen LogP contribution in [-0.2, 0) is 4.74 Å². The summed E-state index contributed by atoms with van der Waals surface area (Å²) in [6.45, 7) is 5.72. The van der Waals surface area contributed by atoms with Crippen LogP contribution in [0.3, 0.4) is 0 Å². The molecule has 2 saturated heterocycles. The Labute approximate surface area is 179 Å². The van der Waals surface area contributed by atoms with E-state index in [1.165, 1.54) is 6.07 Å². The lowest BCUT2D eigenvalue weighted by Gasteiger charge is -2.27. The smallest absolute Gasteiger partial charge is 0.322 e. The highest BCUT2D eigenvalue weighted by atomic mass is 19.1. The van der Waals surface area contributed by atoms with E-state index in [-0.39, 0.29) is 12.1 Å². The van der Waals surface area contributed by atoms with Crippen LogP contribution in [0.5, 0.6) is 0 Å². The molecule has 1 N–H and O–H groups in total.